The first-order valence-electron chi connectivity index (χ1n) is 16.2. The summed E-state index contributed by atoms with van der Waals surface area (Å²) < 4.78 is 38.4. The number of aryl methyl sites for hydroxylation is 1. The van der Waals surface area contributed by atoms with Crippen LogP contribution in [-0.4, -0.2) is 58.2 Å². The van der Waals surface area contributed by atoms with E-state index >= 15 is 0 Å². The molecule has 0 radical (unpaired) electrons. The molecule has 0 fully saturated rings. The highest BCUT2D eigenvalue weighted by molar-refractivity contribution is 7.80. The Labute approximate surface area is 279 Å². The zero-order valence-corrected chi connectivity index (χ0v) is 28.5. The van der Waals surface area contributed by atoms with Crippen molar-refractivity contribution in [3.63, 3.8) is 0 Å². The van der Waals surface area contributed by atoms with E-state index in [4.69, 9.17) is 45.4 Å². The average molecular weight is 655 g/mol. The van der Waals surface area contributed by atoms with Gasteiger partial charge in [-0.15, -0.1) is 0 Å². The van der Waals surface area contributed by atoms with Gasteiger partial charge >= 0.3 is 0 Å². The molecule has 252 valence electrons. The van der Waals surface area contributed by atoms with E-state index in [1.807, 2.05) is 68.4 Å². The van der Waals surface area contributed by atoms with Crippen LogP contribution in [0.4, 0.5) is 11.4 Å². The molecule has 1 aliphatic heterocycles. The first kappa shape index (κ1) is 36.9. The van der Waals surface area contributed by atoms with E-state index in [0.717, 1.165) is 66.7 Å². The summed E-state index contributed by atoms with van der Waals surface area (Å²) in [6.45, 7) is 13.7. The summed E-state index contributed by atoms with van der Waals surface area (Å²) in [6, 6.07) is 19.5. The molecule has 3 aromatic rings. The summed E-state index contributed by atoms with van der Waals surface area (Å²) in [7, 11) is 0. The monoisotopic (exact) mass is 654 g/mol. The molecule has 0 atom stereocenters. The van der Waals surface area contributed by atoms with E-state index in [1.165, 1.54) is 11.1 Å². The molecule has 9 nitrogen and oxygen atoms in total. The van der Waals surface area contributed by atoms with Crippen LogP contribution in [0.15, 0.2) is 60.7 Å². The maximum Gasteiger partial charge on any atom is 0.231 e. The lowest BCUT2D eigenvalue weighted by Gasteiger charge is -2.12. The summed E-state index contributed by atoms with van der Waals surface area (Å²) in [6.07, 6.45) is 4.38. The normalized spacial score (nSPS) is 11.4. The van der Waals surface area contributed by atoms with Gasteiger partial charge in [0.05, 0.1) is 46.2 Å². The van der Waals surface area contributed by atoms with E-state index in [-0.39, 0.29) is 0 Å². The zero-order valence-electron chi connectivity index (χ0n) is 27.7. The number of hydrogen-bond acceptors (Lipinski definition) is 8. The number of thiocarbonyl (C=S) groups is 1. The number of rotatable bonds is 19. The highest BCUT2D eigenvalue weighted by Gasteiger charge is 2.17. The van der Waals surface area contributed by atoms with Crippen LogP contribution in [0, 0.1) is 0 Å². The van der Waals surface area contributed by atoms with Crippen LogP contribution in [0.5, 0.6) is 23.0 Å². The molecular weight excluding hydrogens is 604 g/mol. The molecular formula is C36H50N2O7S. The molecule has 0 aromatic heterocycles. The van der Waals surface area contributed by atoms with Gasteiger partial charge in [-0.3, -0.25) is 0 Å². The van der Waals surface area contributed by atoms with Crippen LogP contribution >= 0.6 is 12.2 Å². The molecule has 0 aliphatic carbocycles. The van der Waals surface area contributed by atoms with E-state index in [9.17, 15) is 0 Å². The van der Waals surface area contributed by atoms with E-state index in [2.05, 4.69) is 30.5 Å². The smallest absolute Gasteiger partial charge is 0.231 e. The quantitative estimate of drug-likeness (QED) is 0.0979. The Morgan fingerprint density at radius 1 is 0.652 bits per heavy atom. The average Bonchev–Trinajstić information content (AvgIpc) is 3.52. The third-order valence-electron chi connectivity index (χ3n) is 6.70. The SMILES string of the molecule is CCCCOCCOCCOCc1cc2c(cc1CCC)OCO2.CCOc1ccc(NC(=S)Nc2ccc(OCC)cc2)cc1. The van der Waals surface area contributed by atoms with Crippen LogP contribution in [0.1, 0.15) is 58.1 Å². The molecule has 46 heavy (non-hydrogen) atoms. The van der Waals surface area contributed by atoms with Crippen molar-refractivity contribution >= 4 is 28.7 Å². The first-order chi connectivity index (χ1) is 22.6. The third kappa shape index (κ3) is 13.8. The van der Waals surface area contributed by atoms with Gasteiger partial charge < -0.3 is 43.8 Å². The van der Waals surface area contributed by atoms with Crippen LogP contribution in [0.25, 0.3) is 0 Å². The maximum atomic E-state index is 5.75. The molecule has 10 heteroatoms. The fourth-order valence-corrected chi connectivity index (χ4v) is 4.66. The predicted octanol–water partition coefficient (Wildman–Crippen LogP) is 8.01. The number of anilines is 2. The summed E-state index contributed by atoms with van der Waals surface area (Å²) in [4.78, 5) is 0. The van der Waals surface area contributed by atoms with Gasteiger partial charge in [-0.1, -0.05) is 26.7 Å². The van der Waals surface area contributed by atoms with Crippen LogP contribution in [0.3, 0.4) is 0 Å². The molecule has 0 saturated heterocycles. The maximum absolute atomic E-state index is 5.75. The molecule has 1 heterocycles. The summed E-state index contributed by atoms with van der Waals surface area (Å²) in [5, 5.41) is 6.80. The molecule has 4 rings (SSSR count). The van der Waals surface area contributed by atoms with Gasteiger partial charge in [0, 0.05) is 18.0 Å². The lowest BCUT2D eigenvalue weighted by Crippen LogP contribution is -2.18. The van der Waals surface area contributed by atoms with Gasteiger partial charge in [0.15, 0.2) is 16.6 Å². The molecule has 0 saturated carbocycles. The highest BCUT2D eigenvalue weighted by Crippen LogP contribution is 2.35. The van der Waals surface area contributed by atoms with Crippen molar-refractivity contribution < 1.29 is 33.2 Å². The van der Waals surface area contributed by atoms with Gasteiger partial charge in [-0.2, -0.15) is 0 Å². The van der Waals surface area contributed by atoms with Gasteiger partial charge in [0.1, 0.15) is 11.5 Å². The van der Waals surface area contributed by atoms with Gasteiger partial charge in [-0.25, -0.2) is 0 Å². The zero-order chi connectivity index (χ0) is 32.8. The van der Waals surface area contributed by atoms with Gasteiger partial charge in [0.25, 0.3) is 0 Å². The third-order valence-corrected chi connectivity index (χ3v) is 6.91. The topological polar surface area (TPSA) is 88.7 Å². The Kier molecular flexibility index (Phi) is 17.7. The Bertz CT molecular complexity index is 1220. The Balaban J connectivity index is 0.000000251. The lowest BCUT2D eigenvalue weighted by atomic mass is 10.0. The predicted molar refractivity (Wildman–Crippen MR) is 188 cm³/mol. The summed E-state index contributed by atoms with van der Waals surface area (Å²) >= 11 is 5.30. The molecule has 0 bridgehead atoms. The lowest BCUT2D eigenvalue weighted by molar-refractivity contribution is 0.0101. The molecule has 0 spiro atoms. The second-order valence-electron chi connectivity index (χ2n) is 10.3. The molecule has 1 aliphatic rings. The molecule has 0 amide bonds. The molecule has 3 aromatic carbocycles. The minimum Gasteiger partial charge on any atom is -0.494 e. The summed E-state index contributed by atoms with van der Waals surface area (Å²) in [5.41, 5.74) is 4.26. The number of ether oxygens (including phenoxy) is 7. The van der Waals surface area contributed by atoms with Crippen molar-refractivity contribution in [1.82, 2.24) is 0 Å². The fourth-order valence-electron chi connectivity index (χ4n) is 4.43. The van der Waals surface area contributed by atoms with E-state index in [0.29, 0.717) is 58.2 Å². The van der Waals surface area contributed by atoms with Gasteiger partial charge in [-0.05, 0) is 111 Å². The number of unbranched alkanes of at least 4 members (excludes halogenated alkanes) is 1. The first-order valence-corrected chi connectivity index (χ1v) is 16.6. The fraction of sp³-hybridized carbons (Fsp3) is 0.472. The Morgan fingerprint density at radius 3 is 1.65 bits per heavy atom. The molecule has 2 N–H and O–H groups in total. The number of nitrogens with one attached hydrogen (secondary N) is 2. The number of fused-ring (bicyclic) bond motifs is 1. The van der Waals surface area contributed by atoms with Crippen LogP contribution < -0.4 is 29.6 Å². The highest BCUT2D eigenvalue weighted by atomic mass is 32.1. The van der Waals surface area contributed by atoms with Crippen molar-refractivity contribution in [3.8, 4) is 23.0 Å². The van der Waals surface area contributed by atoms with Crippen LogP contribution in [0.2, 0.25) is 0 Å². The van der Waals surface area contributed by atoms with Crippen molar-refractivity contribution in [1.29, 1.82) is 0 Å². The van der Waals surface area contributed by atoms with E-state index < -0.39 is 0 Å². The van der Waals surface area contributed by atoms with Gasteiger partial charge in [0.2, 0.25) is 6.79 Å². The van der Waals surface area contributed by atoms with Crippen molar-refractivity contribution in [3.05, 3.63) is 71.8 Å². The second-order valence-corrected chi connectivity index (χ2v) is 10.8. The Morgan fingerprint density at radius 2 is 1.15 bits per heavy atom. The standard InChI is InChI=1S/C19H30O5.C17H20N2O2S/c1-3-5-7-20-8-9-21-10-11-22-14-17-13-19-18(23-15-24-19)12-16(17)6-4-2;1-3-20-15-9-5-13(6-10-15)18-17(22)19-14-7-11-16(12-8-14)21-4-2/h12-13H,3-11,14-15H2,1-2H3;5-12H,3-4H2,1-2H3,(H2,18,19,22). The largest absolute Gasteiger partial charge is 0.494 e. The van der Waals surface area contributed by atoms with E-state index in [1.54, 1.807) is 0 Å². The minimum atomic E-state index is 0.305. The summed E-state index contributed by atoms with van der Waals surface area (Å²) in [5.74, 6) is 3.35. The number of benzene rings is 3. The molecule has 0 unspecified atom stereocenters. The van der Waals surface area contributed by atoms with Crippen molar-refractivity contribution in [2.24, 2.45) is 0 Å². The van der Waals surface area contributed by atoms with Crippen LogP contribution in [-0.2, 0) is 27.2 Å². The van der Waals surface area contributed by atoms with Crippen molar-refractivity contribution in [2.75, 3.05) is 63.7 Å². The number of hydrogen-bond donors (Lipinski definition) is 2. The minimum absolute atomic E-state index is 0.305. The Hall–Kier alpha value is -3.57. The second kappa shape index (κ2) is 22.0. The van der Waals surface area contributed by atoms with Crippen molar-refractivity contribution in [2.45, 2.75) is 60.0 Å².